The first-order valence-electron chi connectivity index (χ1n) is 11.4. The number of nitrogen functional groups attached to an aromatic ring is 1. The Bertz CT molecular complexity index is 981. The molecule has 0 radical (unpaired) electrons. The van der Waals surface area contributed by atoms with E-state index in [0.29, 0.717) is 58.1 Å². The van der Waals surface area contributed by atoms with Crippen LogP contribution in [0.1, 0.15) is 72.1 Å². The standard InChI is InChI=1S/C22H34N4O5/c1-4-12-25-16(23)15(17(27)26(13-5-2)20(25)30)24-18(28)21-8-7-9-22(14-21,11-10-21)19(29)31-6-3/h4-14,23H2,1-3H3,(H,24,28). The van der Waals surface area contributed by atoms with Gasteiger partial charge in [-0.25, -0.2) is 4.79 Å². The lowest BCUT2D eigenvalue weighted by molar-refractivity contribution is -0.157. The Kier molecular flexibility index (Phi) is 6.62. The lowest BCUT2D eigenvalue weighted by Crippen LogP contribution is -2.45. The number of anilines is 2. The number of carbonyl (C=O) groups excluding carboxylic acids is 2. The van der Waals surface area contributed by atoms with Crippen LogP contribution in [0.25, 0.3) is 0 Å². The number of esters is 1. The van der Waals surface area contributed by atoms with E-state index in [4.69, 9.17) is 10.5 Å². The maximum Gasteiger partial charge on any atom is 0.332 e. The summed E-state index contributed by atoms with van der Waals surface area (Å²) in [6.45, 7) is 6.48. The third-order valence-electron chi connectivity index (χ3n) is 6.86. The summed E-state index contributed by atoms with van der Waals surface area (Å²) >= 11 is 0. The highest BCUT2D eigenvalue weighted by atomic mass is 16.5. The molecular weight excluding hydrogens is 400 g/mol. The number of rotatable bonds is 8. The van der Waals surface area contributed by atoms with Crippen LogP contribution >= 0.6 is 0 Å². The number of aromatic nitrogens is 2. The molecule has 0 aromatic carbocycles. The van der Waals surface area contributed by atoms with Crippen molar-refractivity contribution in [2.75, 3.05) is 17.7 Å². The predicted molar refractivity (Wildman–Crippen MR) is 118 cm³/mol. The molecule has 9 heteroatoms. The van der Waals surface area contributed by atoms with Crippen molar-refractivity contribution in [2.24, 2.45) is 10.8 Å². The number of hydrogen-bond donors (Lipinski definition) is 2. The van der Waals surface area contributed by atoms with Crippen LogP contribution in [0.2, 0.25) is 0 Å². The van der Waals surface area contributed by atoms with Gasteiger partial charge in [-0.2, -0.15) is 0 Å². The smallest absolute Gasteiger partial charge is 0.332 e. The molecule has 2 aliphatic carbocycles. The quantitative estimate of drug-likeness (QED) is 0.605. The van der Waals surface area contributed by atoms with Crippen molar-refractivity contribution < 1.29 is 14.3 Å². The van der Waals surface area contributed by atoms with Gasteiger partial charge in [-0.3, -0.25) is 23.5 Å². The zero-order valence-electron chi connectivity index (χ0n) is 18.8. The van der Waals surface area contributed by atoms with Gasteiger partial charge in [-0.05, 0) is 51.9 Å². The maximum atomic E-state index is 13.4. The lowest BCUT2D eigenvalue weighted by atomic mass is 9.68. The number of nitrogens with two attached hydrogens (primary N) is 1. The molecule has 0 aliphatic heterocycles. The van der Waals surface area contributed by atoms with Gasteiger partial charge < -0.3 is 15.8 Å². The fraction of sp³-hybridized carbons (Fsp3) is 0.727. The average Bonchev–Trinajstić information content (AvgIpc) is 3.04. The third-order valence-corrected chi connectivity index (χ3v) is 6.86. The number of nitrogens with one attached hydrogen (secondary N) is 1. The fourth-order valence-corrected chi connectivity index (χ4v) is 5.30. The van der Waals surface area contributed by atoms with Crippen molar-refractivity contribution in [3.05, 3.63) is 20.8 Å². The van der Waals surface area contributed by atoms with Crippen LogP contribution in [-0.2, 0) is 27.4 Å². The summed E-state index contributed by atoms with van der Waals surface area (Å²) < 4.78 is 7.79. The molecule has 2 bridgehead atoms. The van der Waals surface area contributed by atoms with E-state index in [1.54, 1.807) is 6.92 Å². The van der Waals surface area contributed by atoms with Crippen LogP contribution < -0.4 is 22.3 Å². The van der Waals surface area contributed by atoms with Crippen LogP contribution in [0.4, 0.5) is 11.5 Å². The molecule has 2 unspecified atom stereocenters. The summed E-state index contributed by atoms with van der Waals surface area (Å²) in [5.74, 6) is -0.544. The zero-order valence-corrected chi connectivity index (χ0v) is 18.8. The Morgan fingerprint density at radius 3 is 2.26 bits per heavy atom. The first kappa shape index (κ1) is 23.1. The van der Waals surface area contributed by atoms with Crippen molar-refractivity contribution in [1.29, 1.82) is 0 Å². The van der Waals surface area contributed by atoms with Gasteiger partial charge in [0.15, 0.2) is 0 Å². The van der Waals surface area contributed by atoms with Gasteiger partial charge in [-0.1, -0.05) is 20.3 Å². The first-order chi connectivity index (χ1) is 14.7. The molecule has 1 amide bonds. The second-order valence-electron chi connectivity index (χ2n) is 8.92. The molecule has 1 heterocycles. The highest BCUT2D eigenvalue weighted by molar-refractivity contribution is 5.98. The first-order valence-corrected chi connectivity index (χ1v) is 11.4. The van der Waals surface area contributed by atoms with Gasteiger partial charge in [0.2, 0.25) is 5.91 Å². The molecule has 2 atom stereocenters. The fourth-order valence-electron chi connectivity index (χ4n) is 5.30. The second-order valence-corrected chi connectivity index (χ2v) is 8.92. The Balaban J connectivity index is 1.96. The SMILES string of the molecule is CCCn1c(N)c(NC(=O)C23CCCC(C(=O)OCC)(CC2)C3)c(=O)n(CCC)c1=O. The van der Waals surface area contributed by atoms with Gasteiger partial charge in [0.1, 0.15) is 11.5 Å². The normalized spacial score (nSPS) is 24.7. The van der Waals surface area contributed by atoms with Crippen molar-refractivity contribution in [2.45, 2.75) is 85.2 Å². The Hall–Kier alpha value is -2.58. The molecular formula is C22H34N4O5. The molecule has 9 nitrogen and oxygen atoms in total. The van der Waals surface area contributed by atoms with Crippen molar-refractivity contribution in [3.63, 3.8) is 0 Å². The van der Waals surface area contributed by atoms with E-state index in [0.717, 1.165) is 11.0 Å². The molecule has 2 aliphatic rings. The van der Waals surface area contributed by atoms with Crippen LogP contribution in [0.5, 0.6) is 0 Å². The molecule has 31 heavy (non-hydrogen) atoms. The Labute approximate surface area is 181 Å². The summed E-state index contributed by atoms with van der Waals surface area (Å²) in [7, 11) is 0. The largest absolute Gasteiger partial charge is 0.466 e. The highest BCUT2D eigenvalue weighted by Gasteiger charge is 2.58. The monoisotopic (exact) mass is 434 g/mol. The van der Waals surface area contributed by atoms with Gasteiger partial charge in [0.25, 0.3) is 5.56 Å². The molecule has 0 saturated heterocycles. The van der Waals surface area contributed by atoms with E-state index >= 15 is 0 Å². The molecule has 1 aromatic heterocycles. The number of carbonyl (C=O) groups is 2. The van der Waals surface area contributed by atoms with Gasteiger partial charge in [0, 0.05) is 13.1 Å². The molecule has 0 spiro atoms. The van der Waals surface area contributed by atoms with E-state index in [2.05, 4.69) is 5.32 Å². The van der Waals surface area contributed by atoms with Gasteiger partial charge in [0.05, 0.1) is 17.4 Å². The van der Waals surface area contributed by atoms with Crippen molar-refractivity contribution in [3.8, 4) is 0 Å². The second kappa shape index (κ2) is 8.88. The number of ether oxygens (including phenoxy) is 1. The molecule has 2 fully saturated rings. The van der Waals surface area contributed by atoms with E-state index in [9.17, 15) is 19.2 Å². The molecule has 1 aromatic rings. The summed E-state index contributed by atoms with van der Waals surface area (Å²) in [5, 5.41) is 2.77. The lowest BCUT2D eigenvalue weighted by Gasteiger charge is -2.37. The molecule has 3 N–H and O–H groups in total. The van der Waals surface area contributed by atoms with Crippen molar-refractivity contribution in [1.82, 2.24) is 9.13 Å². The van der Waals surface area contributed by atoms with Crippen LogP contribution in [-0.4, -0.2) is 27.6 Å². The summed E-state index contributed by atoms with van der Waals surface area (Å²) in [6, 6.07) is 0. The molecule has 172 valence electrons. The van der Waals surface area contributed by atoms with Gasteiger partial charge in [-0.15, -0.1) is 0 Å². The van der Waals surface area contributed by atoms with E-state index in [-0.39, 0.29) is 29.9 Å². The van der Waals surface area contributed by atoms with Crippen molar-refractivity contribution >= 4 is 23.4 Å². The highest BCUT2D eigenvalue weighted by Crippen LogP contribution is 2.59. The Morgan fingerprint density at radius 2 is 1.61 bits per heavy atom. The average molecular weight is 435 g/mol. The van der Waals surface area contributed by atoms with E-state index < -0.39 is 22.1 Å². The van der Waals surface area contributed by atoms with Crippen LogP contribution in [0.15, 0.2) is 9.59 Å². The minimum absolute atomic E-state index is 0.0144. The third kappa shape index (κ3) is 3.90. The predicted octanol–water partition coefficient (Wildman–Crippen LogP) is 2.25. The minimum Gasteiger partial charge on any atom is -0.466 e. The van der Waals surface area contributed by atoms with E-state index in [1.165, 1.54) is 4.57 Å². The minimum atomic E-state index is -0.731. The van der Waals surface area contributed by atoms with Crippen LogP contribution in [0, 0.1) is 10.8 Å². The maximum absolute atomic E-state index is 13.4. The van der Waals surface area contributed by atoms with Gasteiger partial charge >= 0.3 is 11.7 Å². The van der Waals surface area contributed by atoms with Crippen LogP contribution in [0.3, 0.4) is 0 Å². The number of fused-ring (bicyclic) bond motifs is 2. The number of nitrogens with zero attached hydrogens (tertiary/aromatic N) is 2. The molecule has 3 rings (SSSR count). The summed E-state index contributed by atoms with van der Waals surface area (Å²) in [6.07, 6.45) is 4.96. The Morgan fingerprint density at radius 1 is 1.00 bits per heavy atom. The zero-order chi connectivity index (χ0) is 22.8. The number of amides is 1. The summed E-state index contributed by atoms with van der Waals surface area (Å²) in [5.41, 5.74) is 3.75. The topological polar surface area (TPSA) is 125 Å². The molecule has 2 saturated carbocycles. The van der Waals surface area contributed by atoms with E-state index in [1.807, 2.05) is 13.8 Å². The number of hydrogen-bond acceptors (Lipinski definition) is 6. The summed E-state index contributed by atoms with van der Waals surface area (Å²) in [4.78, 5) is 51.8.